The van der Waals surface area contributed by atoms with E-state index >= 15 is 0 Å². The largest absolute Gasteiger partial charge is 0.377 e. The summed E-state index contributed by atoms with van der Waals surface area (Å²) in [5, 5.41) is 0. The predicted octanol–water partition coefficient (Wildman–Crippen LogP) is 5.12. The Labute approximate surface area is 138 Å². The molecule has 0 aliphatic rings. The molecule has 2 nitrogen and oxygen atoms in total. The second-order valence-corrected chi connectivity index (χ2v) is 7.06. The lowest BCUT2D eigenvalue weighted by atomic mass is 10.2. The van der Waals surface area contributed by atoms with Crippen LogP contribution in [-0.4, -0.2) is 24.0 Å². The van der Waals surface area contributed by atoms with Gasteiger partial charge in [0, 0.05) is 5.75 Å². The molecule has 0 spiro atoms. The molecule has 1 aromatic heterocycles. The normalized spacial score (nSPS) is 11.5. The maximum Gasteiger partial charge on any atom is 0.151 e. The summed E-state index contributed by atoms with van der Waals surface area (Å²) in [5.74, 6) is 0.930. The molecule has 0 unspecified atom stereocenters. The van der Waals surface area contributed by atoms with E-state index in [1.165, 1.54) is 10.3 Å². The number of thiazole rings is 1. The molecule has 22 heavy (non-hydrogen) atoms. The van der Waals surface area contributed by atoms with E-state index in [4.69, 9.17) is 4.74 Å². The van der Waals surface area contributed by atoms with Crippen molar-refractivity contribution in [1.82, 2.24) is 4.98 Å². The van der Waals surface area contributed by atoms with Gasteiger partial charge in [0.2, 0.25) is 0 Å². The van der Waals surface area contributed by atoms with E-state index in [9.17, 15) is 0 Å². The SMILES string of the molecule is C(=C\c1ccccc1)/COCCSc1nc2ccccc2s1. The molecule has 0 saturated carbocycles. The summed E-state index contributed by atoms with van der Waals surface area (Å²) in [7, 11) is 0. The first-order chi connectivity index (χ1) is 10.9. The maximum absolute atomic E-state index is 5.62. The molecule has 1 heterocycles. The highest BCUT2D eigenvalue weighted by Crippen LogP contribution is 2.28. The maximum atomic E-state index is 5.62. The molecule has 0 aliphatic carbocycles. The number of ether oxygens (including phenoxy) is 1. The van der Waals surface area contributed by atoms with E-state index in [2.05, 4.69) is 47.5 Å². The number of hydrogen-bond donors (Lipinski definition) is 0. The van der Waals surface area contributed by atoms with Gasteiger partial charge in [0.25, 0.3) is 0 Å². The minimum absolute atomic E-state index is 0.648. The molecule has 0 atom stereocenters. The Morgan fingerprint density at radius 1 is 1.05 bits per heavy atom. The van der Waals surface area contributed by atoms with E-state index in [1.807, 2.05) is 24.3 Å². The van der Waals surface area contributed by atoms with Crippen LogP contribution in [0.25, 0.3) is 16.3 Å². The minimum atomic E-state index is 0.648. The highest BCUT2D eigenvalue weighted by molar-refractivity contribution is 8.01. The van der Waals surface area contributed by atoms with E-state index in [0.717, 1.165) is 22.2 Å². The van der Waals surface area contributed by atoms with Gasteiger partial charge in [-0.05, 0) is 17.7 Å². The molecule has 0 saturated heterocycles. The van der Waals surface area contributed by atoms with Crippen molar-refractivity contribution in [1.29, 1.82) is 0 Å². The predicted molar refractivity (Wildman–Crippen MR) is 96.6 cm³/mol. The first-order valence-electron chi connectivity index (χ1n) is 7.19. The van der Waals surface area contributed by atoms with Gasteiger partial charge in [0.15, 0.2) is 4.34 Å². The quantitative estimate of drug-likeness (QED) is 0.444. The van der Waals surface area contributed by atoms with Crippen molar-refractivity contribution >= 4 is 39.4 Å². The summed E-state index contributed by atoms with van der Waals surface area (Å²) in [4.78, 5) is 4.60. The zero-order chi connectivity index (χ0) is 15.0. The van der Waals surface area contributed by atoms with Gasteiger partial charge in [0.05, 0.1) is 23.4 Å². The number of rotatable bonds is 7. The minimum Gasteiger partial charge on any atom is -0.377 e. The van der Waals surface area contributed by atoms with Gasteiger partial charge in [-0.3, -0.25) is 0 Å². The van der Waals surface area contributed by atoms with Crippen molar-refractivity contribution in [2.45, 2.75) is 4.34 Å². The summed E-state index contributed by atoms with van der Waals surface area (Å²) >= 11 is 3.50. The fourth-order valence-corrected chi connectivity index (χ4v) is 3.99. The third-order valence-corrected chi connectivity index (χ3v) is 5.20. The molecule has 0 aliphatic heterocycles. The van der Waals surface area contributed by atoms with Gasteiger partial charge in [-0.15, -0.1) is 11.3 Å². The van der Waals surface area contributed by atoms with Gasteiger partial charge in [-0.1, -0.05) is 66.4 Å². The number of thioether (sulfide) groups is 1. The summed E-state index contributed by atoms with van der Waals surface area (Å²) in [5.41, 5.74) is 2.29. The first-order valence-corrected chi connectivity index (χ1v) is 9.00. The smallest absolute Gasteiger partial charge is 0.151 e. The van der Waals surface area contributed by atoms with Crippen LogP contribution in [0.3, 0.4) is 0 Å². The van der Waals surface area contributed by atoms with Gasteiger partial charge in [0.1, 0.15) is 0 Å². The topological polar surface area (TPSA) is 22.1 Å². The molecule has 0 radical (unpaired) electrons. The highest BCUT2D eigenvalue weighted by Gasteiger charge is 2.02. The van der Waals surface area contributed by atoms with Crippen LogP contribution in [0.15, 0.2) is 65.0 Å². The van der Waals surface area contributed by atoms with Crippen LogP contribution in [0.5, 0.6) is 0 Å². The van der Waals surface area contributed by atoms with Crippen molar-refractivity contribution in [2.24, 2.45) is 0 Å². The van der Waals surface area contributed by atoms with Crippen LogP contribution >= 0.6 is 23.1 Å². The Kier molecular flexibility index (Phi) is 5.65. The van der Waals surface area contributed by atoms with Gasteiger partial charge in [-0.2, -0.15) is 0 Å². The van der Waals surface area contributed by atoms with Crippen LogP contribution in [0.2, 0.25) is 0 Å². The lowest BCUT2D eigenvalue weighted by Crippen LogP contribution is -1.96. The Morgan fingerprint density at radius 2 is 1.86 bits per heavy atom. The molecular formula is C18H17NOS2. The van der Waals surface area contributed by atoms with Crippen molar-refractivity contribution < 1.29 is 4.74 Å². The standard InChI is InChI=1S/C18H17NOS2/c1-2-7-15(8-3-1)9-6-12-20-13-14-21-18-19-16-10-4-5-11-17(16)22-18/h1-11H,12-14H2/b9-6+. The summed E-state index contributed by atoms with van der Waals surface area (Å²) in [6.07, 6.45) is 4.14. The van der Waals surface area contributed by atoms with Crippen molar-refractivity contribution in [2.75, 3.05) is 19.0 Å². The lowest BCUT2D eigenvalue weighted by molar-refractivity contribution is 0.181. The second kappa shape index (κ2) is 8.13. The molecule has 2 aromatic carbocycles. The van der Waals surface area contributed by atoms with Crippen molar-refractivity contribution in [3.05, 3.63) is 66.2 Å². The van der Waals surface area contributed by atoms with E-state index in [0.29, 0.717) is 6.61 Å². The molecule has 0 bridgehead atoms. The number of hydrogen-bond acceptors (Lipinski definition) is 4. The average molecular weight is 327 g/mol. The van der Waals surface area contributed by atoms with E-state index in [-0.39, 0.29) is 0 Å². The van der Waals surface area contributed by atoms with Gasteiger partial charge < -0.3 is 4.74 Å². The number of benzene rings is 2. The first kappa shape index (κ1) is 15.3. The fourth-order valence-electron chi connectivity index (χ4n) is 2.00. The molecule has 112 valence electrons. The second-order valence-electron chi connectivity index (χ2n) is 4.68. The van der Waals surface area contributed by atoms with Crippen molar-refractivity contribution in [3.63, 3.8) is 0 Å². The zero-order valence-corrected chi connectivity index (χ0v) is 13.8. The zero-order valence-electron chi connectivity index (χ0n) is 12.1. The van der Waals surface area contributed by atoms with Crippen LogP contribution in [0, 0.1) is 0 Å². The molecular weight excluding hydrogens is 310 g/mol. The third kappa shape index (κ3) is 4.44. The monoisotopic (exact) mass is 327 g/mol. The Balaban J connectivity index is 1.36. The number of aromatic nitrogens is 1. The molecule has 3 aromatic rings. The van der Waals surface area contributed by atoms with Crippen LogP contribution in [0.1, 0.15) is 5.56 Å². The molecule has 4 heteroatoms. The van der Waals surface area contributed by atoms with Crippen LogP contribution in [0.4, 0.5) is 0 Å². The molecule has 0 amide bonds. The molecule has 0 fully saturated rings. The Hall–Kier alpha value is -1.62. The molecule has 0 N–H and O–H groups in total. The number of fused-ring (bicyclic) bond motifs is 1. The van der Waals surface area contributed by atoms with Gasteiger partial charge >= 0.3 is 0 Å². The Bertz CT molecular complexity index is 704. The summed E-state index contributed by atoms with van der Waals surface area (Å²) < 4.78 is 7.98. The third-order valence-electron chi connectivity index (χ3n) is 3.05. The highest BCUT2D eigenvalue weighted by atomic mass is 32.2. The molecule has 3 rings (SSSR count). The fraction of sp³-hybridized carbons (Fsp3) is 0.167. The van der Waals surface area contributed by atoms with Gasteiger partial charge in [-0.25, -0.2) is 4.98 Å². The van der Waals surface area contributed by atoms with Crippen molar-refractivity contribution in [3.8, 4) is 0 Å². The van der Waals surface area contributed by atoms with E-state index < -0.39 is 0 Å². The average Bonchev–Trinajstić information content (AvgIpc) is 2.97. The number of para-hydroxylation sites is 1. The summed E-state index contributed by atoms with van der Waals surface area (Å²) in [6, 6.07) is 18.5. The van der Waals surface area contributed by atoms with Crippen LogP contribution < -0.4 is 0 Å². The lowest BCUT2D eigenvalue weighted by Gasteiger charge is -1.99. The van der Waals surface area contributed by atoms with E-state index in [1.54, 1.807) is 23.1 Å². The number of nitrogens with zero attached hydrogens (tertiary/aromatic N) is 1. The Morgan fingerprint density at radius 3 is 2.73 bits per heavy atom. The summed E-state index contributed by atoms with van der Waals surface area (Å²) in [6.45, 7) is 1.38. The van der Waals surface area contributed by atoms with Crippen LogP contribution in [-0.2, 0) is 4.74 Å².